The third-order valence-electron chi connectivity index (χ3n) is 2.68. The van der Waals surface area contributed by atoms with Crippen molar-refractivity contribution < 1.29 is 4.74 Å². The Kier molecular flexibility index (Phi) is 17.1. The normalized spacial score (nSPS) is 11.7. The van der Waals surface area contributed by atoms with Crippen LogP contribution in [0.15, 0.2) is 4.99 Å². The van der Waals surface area contributed by atoms with Crippen molar-refractivity contribution in [1.29, 1.82) is 0 Å². The third-order valence-corrected chi connectivity index (χ3v) is 2.68. The topological polar surface area (TPSA) is 45.7 Å². The average molecular weight is 399 g/mol. The summed E-state index contributed by atoms with van der Waals surface area (Å²) in [5.41, 5.74) is 0. The molecular weight excluding hydrogens is 365 g/mol. The summed E-state index contributed by atoms with van der Waals surface area (Å²) < 4.78 is 5.54. The Balaban J connectivity index is 0. The van der Waals surface area contributed by atoms with Gasteiger partial charge >= 0.3 is 0 Å². The first-order chi connectivity index (χ1) is 9.06. The molecule has 0 fully saturated rings. The second-order valence-electron chi connectivity index (χ2n) is 5.78. The number of hydrogen-bond donors (Lipinski definition) is 2. The van der Waals surface area contributed by atoms with Crippen molar-refractivity contribution in [1.82, 2.24) is 10.6 Å². The Morgan fingerprint density at radius 2 is 1.60 bits per heavy atom. The lowest BCUT2D eigenvalue weighted by Crippen LogP contribution is -2.38. The fourth-order valence-electron chi connectivity index (χ4n) is 1.64. The Bertz CT molecular complexity index is 233. The number of rotatable bonds is 10. The quantitative estimate of drug-likeness (QED) is 0.257. The molecule has 4 nitrogen and oxygen atoms in total. The maximum absolute atomic E-state index is 5.54. The smallest absolute Gasteiger partial charge is 0.190 e. The van der Waals surface area contributed by atoms with E-state index in [1.807, 2.05) is 7.05 Å². The summed E-state index contributed by atoms with van der Waals surface area (Å²) in [7, 11) is 1.81. The number of nitrogens with one attached hydrogen (secondary N) is 2. The van der Waals surface area contributed by atoms with Crippen molar-refractivity contribution in [2.24, 2.45) is 16.8 Å². The molecule has 0 aromatic rings. The van der Waals surface area contributed by atoms with Crippen LogP contribution in [-0.2, 0) is 4.74 Å². The summed E-state index contributed by atoms with van der Waals surface area (Å²) in [4.78, 5) is 4.20. The van der Waals surface area contributed by atoms with E-state index in [0.717, 1.165) is 44.6 Å². The highest BCUT2D eigenvalue weighted by molar-refractivity contribution is 14.0. The van der Waals surface area contributed by atoms with Gasteiger partial charge in [-0.15, -0.1) is 24.0 Å². The highest BCUT2D eigenvalue weighted by Gasteiger charge is 1.98. The highest BCUT2D eigenvalue weighted by Crippen LogP contribution is 2.01. The van der Waals surface area contributed by atoms with Crippen molar-refractivity contribution in [3.8, 4) is 0 Å². The van der Waals surface area contributed by atoms with E-state index in [4.69, 9.17) is 4.74 Å². The molecule has 0 aliphatic heterocycles. The minimum Gasteiger partial charge on any atom is -0.381 e. The molecule has 0 amide bonds. The monoisotopic (exact) mass is 399 g/mol. The lowest BCUT2D eigenvalue weighted by Gasteiger charge is -2.12. The highest BCUT2D eigenvalue weighted by atomic mass is 127. The number of hydrogen-bond acceptors (Lipinski definition) is 2. The van der Waals surface area contributed by atoms with E-state index in [1.54, 1.807) is 0 Å². The predicted octanol–water partition coefficient (Wildman–Crippen LogP) is 3.27. The number of nitrogens with zero attached hydrogens (tertiary/aromatic N) is 1. The molecule has 122 valence electrons. The summed E-state index contributed by atoms with van der Waals surface area (Å²) in [5.74, 6) is 2.28. The van der Waals surface area contributed by atoms with Gasteiger partial charge in [-0.3, -0.25) is 4.99 Å². The van der Waals surface area contributed by atoms with Gasteiger partial charge in [0.05, 0.1) is 0 Å². The molecule has 0 rings (SSSR count). The van der Waals surface area contributed by atoms with Gasteiger partial charge < -0.3 is 15.4 Å². The molecule has 0 spiro atoms. The van der Waals surface area contributed by atoms with Crippen molar-refractivity contribution >= 4 is 29.9 Å². The van der Waals surface area contributed by atoms with Crippen LogP contribution in [0.2, 0.25) is 0 Å². The minimum absolute atomic E-state index is 0. The Labute approximate surface area is 142 Å². The lowest BCUT2D eigenvalue weighted by atomic mass is 10.1. The van der Waals surface area contributed by atoms with Gasteiger partial charge in [-0.2, -0.15) is 0 Å². The first-order valence-electron chi connectivity index (χ1n) is 7.58. The van der Waals surface area contributed by atoms with Crippen LogP contribution in [-0.4, -0.2) is 39.3 Å². The molecule has 0 aliphatic carbocycles. The number of aliphatic imine (C=N–C) groups is 1. The van der Waals surface area contributed by atoms with Crippen molar-refractivity contribution in [2.75, 3.05) is 33.4 Å². The fourth-order valence-corrected chi connectivity index (χ4v) is 1.64. The largest absolute Gasteiger partial charge is 0.381 e. The third kappa shape index (κ3) is 16.0. The average Bonchev–Trinajstić information content (AvgIpc) is 2.35. The van der Waals surface area contributed by atoms with Gasteiger partial charge in [0.25, 0.3) is 0 Å². The van der Waals surface area contributed by atoms with E-state index in [9.17, 15) is 0 Å². The van der Waals surface area contributed by atoms with Gasteiger partial charge in [-0.1, -0.05) is 27.7 Å². The molecule has 0 aromatic carbocycles. The van der Waals surface area contributed by atoms with E-state index >= 15 is 0 Å². The predicted molar refractivity (Wildman–Crippen MR) is 99.1 cm³/mol. The van der Waals surface area contributed by atoms with Crippen LogP contribution in [0.4, 0.5) is 0 Å². The lowest BCUT2D eigenvalue weighted by molar-refractivity contribution is 0.108. The second kappa shape index (κ2) is 15.4. The van der Waals surface area contributed by atoms with Crippen LogP contribution >= 0.6 is 24.0 Å². The van der Waals surface area contributed by atoms with Crippen LogP contribution in [0.25, 0.3) is 0 Å². The molecule has 0 bridgehead atoms. The van der Waals surface area contributed by atoms with E-state index in [2.05, 4.69) is 43.3 Å². The number of halogens is 1. The number of guanidine groups is 1. The maximum Gasteiger partial charge on any atom is 0.190 e. The second-order valence-corrected chi connectivity index (χ2v) is 5.78. The van der Waals surface area contributed by atoms with E-state index in [1.165, 1.54) is 12.8 Å². The van der Waals surface area contributed by atoms with E-state index in [-0.39, 0.29) is 24.0 Å². The maximum atomic E-state index is 5.54. The SMILES string of the molecule is CN=C(NCCCOCC(C)C)NCCCC(C)C.I. The fraction of sp³-hybridized carbons (Fsp3) is 0.933. The zero-order valence-electron chi connectivity index (χ0n) is 13.9. The van der Waals surface area contributed by atoms with Crippen molar-refractivity contribution in [3.05, 3.63) is 0 Å². The van der Waals surface area contributed by atoms with Gasteiger partial charge in [0, 0.05) is 33.4 Å². The molecule has 0 heterocycles. The van der Waals surface area contributed by atoms with Crippen LogP contribution in [0, 0.1) is 11.8 Å². The minimum atomic E-state index is 0. The van der Waals surface area contributed by atoms with E-state index < -0.39 is 0 Å². The Morgan fingerprint density at radius 3 is 2.10 bits per heavy atom. The van der Waals surface area contributed by atoms with Gasteiger partial charge in [0.2, 0.25) is 0 Å². The summed E-state index contributed by atoms with van der Waals surface area (Å²) in [6.07, 6.45) is 3.46. The molecule has 20 heavy (non-hydrogen) atoms. The van der Waals surface area contributed by atoms with Crippen LogP contribution in [0.3, 0.4) is 0 Å². The molecule has 0 unspecified atom stereocenters. The molecule has 5 heteroatoms. The van der Waals surface area contributed by atoms with Gasteiger partial charge in [-0.25, -0.2) is 0 Å². The van der Waals surface area contributed by atoms with E-state index in [0.29, 0.717) is 5.92 Å². The first-order valence-corrected chi connectivity index (χ1v) is 7.58. The molecule has 0 aromatic heterocycles. The van der Waals surface area contributed by atoms with Gasteiger partial charge in [0.15, 0.2) is 5.96 Å². The van der Waals surface area contributed by atoms with Crippen LogP contribution in [0.5, 0.6) is 0 Å². The summed E-state index contributed by atoms with van der Waals surface area (Å²) >= 11 is 0. The number of ether oxygens (including phenoxy) is 1. The zero-order valence-corrected chi connectivity index (χ0v) is 16.2. The first kappa shape index (κ1) is 22.2. The van der Waals surface area contributed by atoms with Crippen molar-refractivity contribution in [2.45, 2.75) is 47.0 Å². The molecule has 0 saturated carbocycles. The summed E-state index contributed by atoms with van der Waals surface area (Å²) in [6, 6.07) is 0. The van der Waals surface area contributed by atoms with Gasteiger partial charge in [0.1, 0.15) is 0 Å². The Hall–Kier alpha value is -0.0400. The molecule has 0 aliphatic rings. The van der Waals surface area contributed by atoms with Crippen LogP contribution < -0.4 is 10.6 Å². The Morgan fingerprint density at radius 1 is 1.00 bits per heavy atom. The van der Waals surface area contributed by atoms with Crippen LogP contribution in [0.1, 0.15) is 47.0 Å². The zero-order chi connectivity index (χ0) is 14.5. The van der Waals surface area contributed by atoms with Gasteiger partial charge in [-0.05, 0) is 31.1 Å². The molecule has 0 radical (unpaired) electrons. The molecular formula is C15H34IN3O. The summed E-state index contributed by atoms with van der Waals surface area (Å²) in [5, 5.41) is 6.64. The van der Waals surface area contributed by atoms with Crippen molar-refractivity contribution in [3.63, 3.8) is 0 Å². The summed E-state index contributed by atoms with van der Waals surface area (Å²) in [6.45, 7) is 12.4. The molecule has 0 atom stereocenters. The molecule has 0 saturated heterocycles. The molecule has 2 N–H and O–H groups in total. The standard InChI is InChI=1S/C15H33N3O.HI/c1-13(2)8-6-9-17-15(16-5)18-10-7-11-19-12-14(3)4;/h13-14H,6-12H2,1-5H3,(H2,16,17,18);1H.